The van der Waals surface area contributed by atoms with E-state index in [4.69, 9.17) is 9.47 Å². The molecule has 1 aromatic heterocycles. The molecule has 0 fully saturated rings. The summed E-state index contributed by atoms with van der Waals surface area (Å²) in [5.41, 5.74) is -0.373. The van der Waals surface area contributed by atoms with Gasteiger partial charge in [0.25, 0.3) is 0 Å². The summed E-state index contributed by atoms with van der Waals surface area (Å²) in [5, 5.41) is 17.5. The Morgan fingerprint density at radius 1 is 0.804 bits per heavy atom. The molecule has 0 bridgehead atoms. The summed E-state index contributed by atoms with van der Waals surface area (Å²) < 4.78 is 39.0. The van der Waals surface area contributed by atoms with Crippen LogP contribution in [0.5, 0.6) is 0 Å². The van der Waals surface area contributed by atoms with Crippen LogP contribution in [0.2, 0.25) is 0 Å². The Labute approximate surface area is 299 Å². The van der Waals surface area contributed by atoms with Gasteiger partial charge in [-0.25, -0.2) is 18.4 Å². The summed E-state index contributed by atoms with van der Waals surface area (Å²) in [5.74, 6) is -1.97. The number of para-hydroxylation sites is 1. The summed E-state index contributed by atoms with van der Waals surface area (Å²) in [6.07, 6.45) is -0.539. The number of nitrogens with one attached hydrogen (secondary N) is 3. The van der Waals surface area contributed by atoms with Gasteiger partial charge in [0.1, 0.15) is 34.7 Å². The van der Waals surface area contributed by atoms with Gasteiger partial charge in [-0.05, 0) is 108 Å². The Bertz CT molecular complexity index is 1670. The quantitative estimate of drug-likeness (QED) is 0.120. The van der Waals surface area contributed by atoms with Crippen molar-refractivity contribution in [1.82, 2.24) is 15.6 Å². The third-order valence-corrected chi connectivity index (χ3v) is 8.33. The van der Waals surface area contributed by atoms with Crippen LogP contribution >= 0.6 is 0 Å². The number of ether oxygens (including phenoxy) is 2. The van der Waals surface area contributed by atoms with E-state index < -0.39 is 64.4 Å². The van der Waals surface area contributed by atoms with Gasteiger partial charge in [-0.2, -0.15) is 0 Å². The van der Waals surface area contributed by atoms with Crippen LogP contribution in [0.15, 0.2) is 48.7 Å². The average Bonchev–Trinajstić information content (AvgIpc) is 3.41. The maximum absolute atomic E-state index is 14.5. The highest BCUT2D eigenvalue weighted by molar-refractivity contribution is 5.86. The van der Waals surface area contributed by atoms with Crippen molar-refractivity contribution in [2.24, 2.45) is 5.41 Å². The van der Waals surface area contributed by atoms with Crippen molar-refractivity contribution < 1.29 is 42.5 Å². The zero-order chi connectivity index (χ0) is 38.1. The molecule has 3 aromatic rings. The highest BCUT2D eigenvalue weighted by Gasteiger charge is 2.32. The molecule has 1 heterocycles. The molecular weight excluding hydrogens is 660 g/mol. The number of aromatic nitrogens is 1. The number of aliphatic hydroxyl groups excluding tert-OH is 1. The minimum absolute atomic E-state index is 0.00951. The van der Waals surface area contributed by atoms with Gasteiger partial charge >= 0.3 is 12.2 Å². The number of alkyl carbamates (subject to hydrolysis) is 2. The molecule has 10 nitrogen and oxygen atoms in total. The largest absolute Gasteiger partial charge is 0.444 e. The first-order valence-electron chi connectivity index (χ1n) is 17.3. The Kier molecular flexibility index (Phi) is 13.9. The molecule has 0 saturated heterocycles. The molecule has 4 N–H and O–H groups in total. The summed E-state index contributed by atoms with van der Waals surface area (Å²) in [6.45, 7) is 14.0. The number of benzene rings is 2. The van der Waals surface area contributed by atoms with Crippen molar-refractivity contribution >= 4 is 34.7 Å². The van der Waals surface area contributed by atoms with Crippen LogP contribution in [0.1, 0.15) is 98.6 Å². The average molecular weight is 714 g/mol. The van der Waals surface area contributed by atoms with Crippen molar-refractivity contribution in [2.45, 2.75) is 130 Å². The van der Waals surface area contributed by atoms with E-state index in [0.717, 1.165) is 34.7 Å². The van der Waals surface area contributed by atoms with E-state index in [2.05, 4.69) is 15.6 Å². The number of Topliss-reactive ketones (excluding diaryl/α,β-unsaturated/α-hetero) is 2. The number of aromatic amines is 1. The summed E-state index contributed by atoms with van der Waals surface area (Å²) in [6, 6.07) is 8.80. The van der Waals surface area contributed by atoms with E-state index in [-0.39, 0.29) is 43.5 Å². The number of carbonyl (C=O) groups is 4. The minimum atomic E-state index is -1.52. The van der Waals surface area contributed by atoms with E-state index >= 15 is 0 Å². The predicted octanol–water partition coefficient (Wildman–Crippen LogP) is 7.49. The van der Waals surface area contributed by atoms with Crippen LogP contribution in [-0.4, -0.2) is 63.2 Å². The number of hydrogen-bond donors (Lipinski definition) is 4. The lowest BCUT2D eigenvalue weighted by molar-refractivity contribution is -0.129. The third kappa shape index (κ3) is 14.1. The van der Waals surface area contributed by atoms with E-state index in [0.29, 0.717) is 12.8 Å². The van der Waals surface area contributed by atoms with Gasteiger partial charge in [0.2, 0.25) is 0 Å². The van der Waals surface area contributed by atoms with Gasteiger partial charge in [0.15, 0.2) is 5.78 Å². The summed E-state index contributed by atoms with van der Waals surface area (Å²) in [7, 11) is 0. The van der Waals surface area contributed by atoms with Gasteiger partial charge in [-0.3, -0.25) is 9.59 Å². The second kappa shape index (κ2) is 17.3. The molecule has 12 heteroatoms. The molecule has 3 unspecified atom stereocenters. The highest BCUT2D eigenvalue weighted by Crippen LogP contribution is 2.30. The molecule has 3 rings (SSSR count). The van der Waals surface area contributed by atoms with Crippen LogP contribution < -0.4 is 10.6 Å². The number of halogens is 2. The van der Waals surface area contributed by atoms with Gasteiger partial charge in [0, 0.05) is 42.4 Å². The Hall–Kier alpha value is -4.32. The maximum Gasteiger partial charge on any atom is 0.407 e. The van der Waals surface area contributed by atoms with Crippen molar-refractivity contribution in [1.29, 1.82) is 0 Å². The van der Waals surface area contributed by atoms with Crippen molar-refractivity contribution in [2.75, 3.05) is 0 Å². The third-order valence-electron chi connectivity index (χ3n) is 8.33. The Balaban J connectivity index is 1.63. The highest BCUT2D eigenvalue weighted by atomic mass is 19.1. The number of carbonyl (C=O) groups excluding carboxylic acids is 4. The first-order chi connectivity index (χ1) is 23.6. The molecule has 0 saturated carbocycles. The first kappa shape index (κ1) is 41.1. The van der Waals surface area contributed by atoms with E-state index in [1.54, 1.807) is 47.7 Å². The van der Waals surface area contributed by atoms with Gasteiger partial charge in [-0.15, -0.1) is 0 Å². The predicted molar refractivity (Wildman–Crippen MR) is 191 cm³/mol. The van der Waals surface area contributed by atoms with Crippen LogP contribution in [0, 0.1) is 17.0 Å². The molecule has 0 radical (unpaired) electrons. The molecule has 0 spiro atoms. The molecule has 0 aliphatic carbocycles. The molecular formula is C39H53F2N3O7. The molecule has 3 atom stereocenters. The molecule has 0 aliphatic rings. The molecule has 0 aliphatic heterocycles. The monoisotopic (exact) mass is 713 g/mol. The topological polar surface area (TPSA) is 147 Å². The van der Waals surface area contributed by atoms with E-state index in [1.165, 1.54) is 0 Å². The number of ketones is 2. The SMILES string of the molecule is CC(C)(CCC(=O)CC(Cc1cc(F)ccc1F)NC(=O)OC(C)(C)C)CCC(=O)C(O)C(Cc1c[nH]c2ccccc12)NC(=O)OC(C)(C)C. The maximum atomic E-state index is 14.5. The standard InChI is InChI=1S/C39H53F2N3O7/c1-37(2,3)50-35(48)43-27(20-24-19-26(40)13-14-30(24)41)22-28(45)15-17-39(7,8)18-16-33(46)34(47)32(44-36(49)51-38(4,5)6)21-25-23-42-31-12-10-9-11-29(25)31/h9-14,19,23,27,32,34,42,47H,15-18,20-22H2,1-8H3,(H,43,48)(H,44,49). The number of rotatable bonds is 16. The molecule has 280 valence electrons. The number of aliphatic hydroxyl groups is 1. The lowest BCUT2D eigenvalue weighted by atomic mass is 9.80. The summed E-state index contributed by atoms with van der Waals surface area (Å²) >= 11 is 0. The summed E-state index contributed by atoms with van der Waals surface area (Å²) in [4.78, 5) is 55.0. The van der Waals surface area contributed by atoms with Crippen molar-refractivity contribution in [3.8, 4) is 0 Å². The van der Waals surface area contributed by atoms with Crippen molar-refractivity contribution in [3.05, 3.63) is 71.4 Å². The van der Waals surface area contributed by atoms with Crippen molar-refractivity contribution in [3.63, 3.8) is 0 Å². The lowest BCUT2D eigenvalue weighted by Crippen LogP contribution is -2.49. The number of hydrogen-bond acceptors (Lipinski definition) is 7. The fraction of sp³-hybridized carbons (Fsp3) is 0.538. The van der Waals surface area contributed by atoms with Crippen LogP contribution in [0.4, 0.5) is 18.4 Å². The smallest absolute Gasteiger partial charge is 0.407 e. The zero-order valence-electron chi connectivity index (χ0n) is 31.0. The fourth-order valence-electron chi connectivity index (χ4n) is 5.67. The minimum Gasteiger partial charge on any atom is -0.444 e. The van der Waals surface area contributed by atoms with Gasteiger partial charge in [0.05, 0.1) is 6.04 Å². The molecule has 2 amide bonds. The van der Waals surface area contributed by atoms with E-state index in [1.807, 2.05) is 38.1 Å². The Morgan fingerprint density at radius 2 is 1.41 bits per heavy atom. The van der Waals surface area contributed by atoms with Crippen LogP contribution in [0.3, 0.4) is 0 Å². The number of fused-ring (bicyclic) bond motifs is 1. The second-order valence-corrected chi connectivity index (χ2v) is 15.9. The zero-order valence-corrected chi connectivity index (χ0v) is 31.0. The van der Waals surface area contributed by atoms with Gasteiger partial charge < -0.3 is 30.2 Å². The van der Waals surface area contributed by atoms with E-state index in [9.17, 15) is 33.1 Å². The number of amides is 2. The molecule has 51 heavy (non-hydrogen) atoms. The molecule has 2 aromatic carbocycles. The van der Waals surface area contributed by atoms with Crippen LogP contribution in [0.25, 0.3) is 10.9 Å². The Morgan fingerprint density at radius 3 is 2.06 bits per heavy atom. The number of H-pyrrole nitrogens is 1. The fourth-order valence-corrected chi connectivity index (χ4v) is 5.67. The second-order valence-electron chi connectivity index (χ2n) is 15.9. The normalized spacial score (nSPS) is 14.0. The first-order valence-corrected chi connectivity index (χ1v) is 17.3. The lowest BCUT2D eigenvalue weighted by Gasteiger charge is -2.28. The van der Waals surface area contributed by atoms with Gasteiger partial charge in [-0.1, -0.05) is 32.0 Å². The van der Waals surface area contributed by atoms with Crippen LogP contribution in [-0.2, 0) is 31.9 Å².